The largest absolute Gasteiger partial charge is 0.480 e. The minimum Gasteiger partial charge on any atom is -0.480 e. The summed E-state index contributed by atoms with van der Waals surface area (Å²) in [7, 11) is -3.94. The number of carbonyl (C=O) groups is 1. The monoisotopic (exact) mass is 325 g/mol. The van der Waals surface area contributed by atoms with Crippen LogP contribution in [0, 0.1) is 0 Å². The molecule has 1 aromatic carbocycles. The number of aliphatic carboxylic acids is 1. The molecular formula is C13H15N3O5S. The van der Waals surface area contributed by atoms with E-state index >= 15 is 0 Å². The molecule has 0 amide bonds. The first-order chi connectivity index (χ1) is 10.3. The number of H-pyrrole nitrogens is 1. The van der Waals surface area contributed by atoms with Crippen LogP contribution in [0.5, 0.6) is 0 Å². The number of aromatic nitrogens is 2. The maximum atomic E-state index is 12.5. The number of fused-ring (bicyclic) bond motifs is 1. The van der Waals surface area contributed by atoms with Gasteiger partial charge in [-0.25, -0.2) is 13.4 Å². The van der Waals surface area contributed by atoms with Crippen molar-refractivity contribution in [2.75, 3.05) is 13.1 Å². The lowest BCUT2D eigenvalue weighted by molar-refractivity contribution is -0.137. The molecule has 0 atom stereocenters. The van der Waals surface area contributed by atoms with Gasteiger partial charge in [0.05, 0.1) is 22.1 Å². The maximum absolute atomic E-state index is 12.5. The van der Waals surface area contributed by atoms with Crippen LogP contribution in [0.4, 0.5) is 0 Å². The van der Waals surface area contributed by atoms with Crippen molar-refractivity contribution in [1.29, 1.82) is 0 Å². The molecular weight excluding hydrogens is 310 g/mol. The van der Waals surface area contributed by atoms with Gasteiger partial charge in [0.25, 0.3) is 5.56 Å². The highest BCUT2D eigenvalue weighted by atomic mass is 32.2. The molecule has 0 spiro atoms. The summed E-state index contributed by atoms with van der Waals surface area (Å²) in [4.78, 5) is 28.4. The predicted molar refractivity (Wildman–Crippen MR) is 79.0 cm³/mol. The molecule has 2 aromatic rings. The second kappa shape index (κ2) is 6.24. The van der Waals surface area contributed by atoms with E-state index in [0.29, 0.717) is 17.5 Å². The number of aromatic amines is 1. The summed E-state index contributed by atoms with van der Waals surface area (Å²) in [6.45, 7) is 1.26. The highest BCUT2D eigenvalue weighted by Gasteiger charge is 2.26. The van der Waals surface area contributed by atoms with Gasteiger partial charge >= 0.3 is 5.97 Å². The van der Waals surface area contributed by atoms with E-state index in [2.05, 4.69) is 9.97 Å². The molecule has 0 aliphatic heterocycles. The molecule has 0 aliphatic rings. The van der Waals surface area contributed by atoms with Crippen molar-refractivity contribution in [1.82, 2.24) is 14.3 Å². The SMILES string of the molecule is CCCN(CC(=O)O)S(=O)(=O)c1ccc2[nH]c(=O)cnc2c1. The van der Waals surface area contributed by atoms with E-state index in [1.807, 2.05) is 0 Å². The molecule has 22 heavy (non-hydrogen) atoms. The molecule has 9 heteroatoms. The zero-order valence-corrected chi connectivity index (χ0v) is 12.6. The third kappa shape index (κ3) is 3.31. The van der Waals surface area contributed by atoms with Crippen LogP contribution in [-0.2, 0) is 14.8 Å². The molecule has 8 nitrogen and oxygen atoms in total. The van der Waals surface area contributed by atoms with E-state index in [1.165, 1.54) is 18.2 Å². The van der Waals surface area contributed by atoms with Gasteiger partial charge in [-0.2, -0.15) is 4.31 Å². The average Bonchev–Trinajstić information content (AvgIpc) is 2.45. The first kappa shape index (κ1) is 16.1. The number of benzene rings is 1. The van der Waals surface area contributed by atoms with Crippen molar-refractivity contribution in [2.45, 2.75) is 18.2 Å². The summed E-state index contributed by atoms with van der Waals surface area (Å²) in [6, 6.07) is 4.06. The van der Waals surface area contributed by atoms with E-state index in [9.17, 15) is 18.0 Å². The first-order valence-electron chi connectivity index (χ1n) is 6.55. The third-order valence-corrected chi connectivity index (χ3v) is 4.81. The van der Waals surface area contributed by atoms with Crippen molar-refractivity contribution < 1.29 is 18.3 Å². The van der Waals surface area contributed by atoms with Gasteiger partial charge in [-0.05, 0) is 24.6 Å². The van der Waals surface area contributed by atoms with Crippen molar-refractivity contribution in [3.05, 3.63) is 34.7 Å². The number of carboxylic acid groups (broad SMARTS) is 1. The highest BCUT2D eigenvalue weighted by Crippen LogP contribution is 2.19. The van der Waals surface area contributed by atoms with Crippen LogP contribution < -0.4 is 5.56 Å². The van der Waals surface area contributed by atoms with Crippen LogP contribution in [0.1, 0.15) is 13.3 Å². The van der Waals surface area contributed by atoms with Gasteiger partial charge in [-0.1, -0.05) is 6.92 Å². The predicted octanol–water partition coefficient (Wildman–Crippen LogP) is 0.408. The minimum absolute atomic E-state index is 0.0609. The van der Waals surface area contributed by atoms with Gasteiger partial charge in [0.1, 0.15) is 6.54 Å². The van der Waals surface area contributed by atoms with E-state index in [4.69, 9.17) is 5.11 Å². The maximum Gasteiger partial charge on any atom is 0.318 e. The Hall–Kier alpha value is -2.26. The van der Waals surface area contributed by atoms with Gasteiger partial charge in [-0.15, -0.1) is 0 Å². The lowest BCUT2D eigenvalue weighted by Gasteiger charge is -2.19. The smallest absolute Gasteiger partial charge is 0.318 e. The summed E-state index contributed by atoms with van der Waals surface area (Å²) < 4.78 is 26.0. The second-order valence-electron chi connectivity index (χ2n) is 4.66. The second-order valence-corrected chi connectivity index (χ2v) is 6.60. The molecule has 1 aromatic heterocycles. The van der Waals surface area contributed by atoms with Crippen LogP contribution in [0.3, 0.4) is 0 Å². The number of hydrogen-bond acceptors (Lipinski definition) is 5. The number of sulfonamides is 1. The van der Waals surface area contributed by atoms with Crippen molar-refractivity contribution >= 4 is 27.0 Å². The normalized spacial score (nSPS) is 11.9. The summed E-state index contributed by atoms with van der Waals surface area (Å²) in [6.07, 6.45) is 1.55. The molecule has 0 radical (unpaired) electrons. The van der Waals surface area contributed by atoms with E-state index < -0.39 is 22.5 Å². The zero-order valence-electron chi connectivity index (χ0n) is 11.8. The van der Waals surface area contributed by atoms with Gasteiger partial charge in [0.15, 0.2) is 0 Å². The molecule has 118 valence electrons. The Balaban J connectivity index is 2.49. The first-order valence-corrected chi connectivity index (χ1v) is 7.99. The molecule has 0 unspecified atom stereocenters. The van der Waals surface area contributed by atoms with Crippen molar-refractivity contribution in [3.8, 4) is 0 Å². The topological polar surface area (TPSA) is 120 Å². The fourth-order valence-corrected chi connectivity index (χ4v) is 3.51. The molecule has 0 saturated heterocycles. The summed E-state index contributed by atoms with van der Waals surface area (Å²) in [5.74, 6) is -1.22. The number of rotatable bonds is 6. The Morgan fingerprint density at radius 2 is 2.14 bits per heavy atom. The van der Waals surface area contributed by atoms with Crippen molar-refractivity contribution in [2.24, 2.45) is 0 Å². The van der Waals surface area contributed by atoms with E-state index in [-0.39, 0.29) is 17.0 Å². The Kier molecular flexibility index (Phi) is 4.57. The number of hydrogen-bond donors (Lipinski definition) is 2. The summed E-state index contributed by atoms with van der Waals surface area (Å²) in [5, 5.41) is 8.86. The number of carboxylic acids is 1. The molecule has 0 fully saturated rings. The fraction of sp³-hybridized carbons (Fsp3) is 0.308. The minimum atomic E-state index is -3.94. The lowest BCUT2D eigenvalue weighted by atomic mass is 10.3. The lowest BCUT2D eigenvalue weighted by Crippen LogP contribution is -2.36. The molecule has 2 rings (SSSR count). The number of nitrogens with one attached hydrogen (secondary N) is 1. The summed E-state index contributed by atoms with van der Waals surface area (Å²) >= 11 is 0. The molecule has 1 heterocycles. The van der Waals surface area contributed by atoms with Gasteiger partial charge in [0, 0.05) is 6.54 Å². The van der Waals surface area contributed by atoms with Gasteiger partial charge in [-0.3, -0.25) is 9.59 Å². The highest BCUT2D eigenvalue weighted by molar-refractivity contribution is 7.89. The van der Waals surface area contributed by atoms with Gasteiger partial charge < -0.3 is 10.1 Å². The molecule has 0 saturated carbocycles. The quantitative estimate of drug-likeness (QED) is 0.793. The Labute approximate surface area is 126 Å². The molecule has 0 aliphatic carbocycles. The molecule has 0 bridgehead atoms. The van der Waals surface area contributed by atoms with E-state index in [1.54, 1.807) is 6.92 Å². The summed E-state index contributed by atoms with van der Waals surface area (Å²) in [5.41, 5.74) is 0.334. The zero-order chi connectivity index (χ0) is 16.3. The third-order valence-electron chi connectivity index (χ3n) is 2.97. The van der Waals surface area contributed by atoms with Crippen LogP contribution in [0.25, 0.3) is 11.0 Å². The average molecular weight is 325 g/mol. The van der Waals surface area contributed by atoms with Crippen LogP contribution in [0.15, 0.2) is 34.1 Å². The fourth-order valence-electron chi connectivity index (χ4n) is 2.01. The molecule has 2 N–H and O–H groups in total. The Bertz CT molecular complexity index is 859. The van der Waals surface area contributed by atoms with Crippen LogP contribution >= 0.6 is 0 Å². The van der Waals surface area contributed by atoms with E-state index in [0.717, 1.165) is 10.5 Å². The van der Waals surface area contributed by atoms with Crippen LogP contribution in [0.2, 0.25) is 0 Å². The standard InChI is InChI=1S/C13H15N3O5S/c1-2-5-16(8-13(18)19)22(20,21)9-3-4-10-11(6-9)14-7-12(17)15-10/h3-4,6-7H,2,5,8H2,1H3,(H,15,17)(H,18,19). The number of nitrogens with zero attached hydrogens (tertiary/aromatic N) is 2. The Morgan fingerprint density at radius 3 is 2.77 bits per heavy atom. The van der Waals surface area contributed by atoms with Crippen molar-refractivity contribution in [3.63, 3.8) is 0 Å². The Morgan fingerprint density at radius 1 is 1.41 bits per heavy atom. The van der Waals surface area contributed by atoms with Gasteiger partial charge in [0.2, 0.25) is 10.0 Å². The van der Waals surface area contributed by atoms with Crippen LogP contribution in [-0.4, -0.2) is 46.9 Å².